The minimum absolute atomic E-state index is 0.207. The Morgan fingerprint density at radius 1 is 1.29 bits per heavy atom. The van der Waals surface area contributed by atoms with Gasteiger partial charge in [-0.05, 0) is 24.4 Å². The highest BCUT2D eigenvalue weighted by molar-refractivity contribution is 6.28. The molecule has 2 heterocycles. The number of hydrogen-bond donors (Lipinski definition) is 1. The third-order valence-electron chi connectivity index (χ3n) is 2.87. The molecule has 1 fully saturated rings. The van der Waals surface area contributed by atoms with Crippen LogP contribution in [0.15, 0.2) is 0 Å². The van der Waals surface area contributed by atoms with Crippen LogP contribution in [-0.2, 0) is 4.74 Å². The summed E-state index contributed by atoms with van der Waals surface area (Å²) in [6.07, 6.45) is 1.96. The number of rotatable bonds is 3. The molecular formula is C10H16ClN5O. The summed E-state index contributed by atoms with van der Waals surface area (Å²) in [5.74, 6) is 1.08. The standard InChI is InChI=1S/C10H16ClN5O/c1-12-9-13-8(11)14-10(15-9)16(2)7-3-5-17-6-4-7/h7H,3-6H2,1-2H3,(H,12,13,14,15). The summed E-state index contributed by atoms with van der Waals surface area (Å²) in [7, 11) is 3.73. The molecular weight excluding hydrogens is 242 g/mol. The Morgan fingerprint density at radius 2 is 2.00 bits per heavy atom. The van der Waals surface area contributed by atoms with Gasteiger partial charge in [0.1, 0.15) is 0 Å². The van der Waals surface area contributed by atoms with Crippen molar-refractivity contribution in [3.63, 3.8) is 0 Å². The molecule has 0 unspecified atom stereocenters. The molecule has 94 valence electrons. The van der Waals surface area contributed by atoms with Crippen LogP contribution in [-0.4, -0.2) is 48.3 Å². The summed E-state index contributed by atoms with van der Waals surface area (Å²) in [5.41, 5.74) is 0. The van der Waals surface area contributed by atoms with Crippen molar-refractivity contribution in [2.75, 3.05) is 37.5 Å². The average Bonchev–Trinajstić information content (AvgIpc) is 2.38. The molecule has 1 saturated heterocycles. The second kappa shape index (κ2) is 5.46. The van der Waals surface area contributed by atoms with E-state index in [1.54, 1.807) is 7.05 Å². The van der Waals surface area contributed by atoms with Crippen LogP contribution in [0.2, 0.25) is 5.28 Å². The lowest BCUT2D eigenvalue weighted by molar-refractivity contribution is 0.0852. The minimum atomic E-state index is 0.207. The summed E-state index contributed by atoms with van der Waals surface area (Å²) in [4.78, 5) is 14.4. The molecule has 1 aromatic heterocycles. The van der Waals surface area contributed by atoms with E-state index in [0.29, 0.717) is 17.9 Å². The molecule has 0 aromatic carbocycles. The van der Waals surface area contributed by atoms with Gasteiger partial charge in [-0.15, -0.1) is 0 Å². The number of hydrogen-bond acceptors (Lipinski definition) is 6. The lowest BCUT2D eigenvalue weighted by Crippen LogP contribution is -2.37. The molecule has 1 aliphatic rings. The first-order valence-electron chi connectivity index (χ1n) is 5.60. The van der Waals surface area contributed by atoms with Gasteiger partial charge in [-0.2, -0.15) is 15.0 Å². The van der Waals surface area contributed by atoms with Crippen molar-refractivity contribution in [3.8, 4) is 0 Å². The zero-order valence-corrected chi connectivity index (χ0v) is 10.7. The maximum Gasteiger partial charge on any atom is 0.231 e. The van der Waals surface area contributed by atoms with E-state index in [9.17, 15) is 0 Å². The Morgan fingerprint density at radius 3 is 2.65 bits per heavy atom. The molecule has 0 amide bonds. The number of nitrogens with one attached hydrogen (secondary N) is 1. The molecule has 17 heavy (non-hydrogen) atoms. The molecule has 0 aliphatic carbocycles. The second-order valence-corrected chi connectivity index (χ2v) is 4.27. The van der Waals surface area contributed by atoms with E-state index in [4.69, 9.17) is 16.3 Å². The zero-order chi connectivity index (χ0) is 12.3. The van der Waals surface area contributed by atoms with Crippen LogP contribution in [0.5, 0.6) is 0 Å². The molecule has 0 atom stereocenters. The average molecular weight is 258 g/mol. The van der Waals surface area contributed by atoms with Gasteiger partial charge < -0.3 is 15.0 Å². The van der Waals surface area contributed by atoms with Gasteiger partial charge in [-0.1, -0.05) is 0 Å². The van der Waals surface area contributed by atoms with Crippen molar-refractivity contribution in [1.29, 1.82) is 0 Å². The molecule has 0 bridgehead atoms. The van der Waals surface area contributed by atoms with E-state index in [1.165, 1.54) is 0 Å². The third-order valence-corrected chi connectivity index (χ3v) is 3.04. The summed E-state index contributed by atoms with van der Waals surface area (Å²) < 4.78 is 5.34. The first-order valence-corrected chi connectivity index (χ1v) is 5.98. The van der Waals surface area contributed by atoms with E-state index in [0.717, 1.165) is 26.1 Å². The van der Waals surface area contributed by atoms with Gasteiger partial charge in [0.25, 0.3) is 0 Å². The van der Waals surface area contributed by atoms with Gasteiger partial charge in [-0.25, -0.2) is 0 Å². The SMILES string of the molecule is CNc1nc(Cl)nc(N(C)C2CCOCC2)n1. The molecule has 7 heteroatoms. The van der Waals surface area contributed by atoms with E-state index < -0.39 is 0 Å². The monoisotopic (exact) mass is 257 g/mol. The largest absolute Gasteiger partial charge is 0.381 e. The van der Waals surface area contributed by atoms with E-state index in [-0.39, 0.29) is 5.28 Å². The van der Waals surface area contributed by atoms with Crippen LogP contribution in [0, 0.1) is 0 Å². The van der Waals surface area contributed by atoms with E-state index in [2.05, 4.69) is 20.3 Å². The summed E-state index contributed by atoms with van der Waals surface area (Å²) in [6, 6.07) is 0.395. The predicted molar refractivity (Wildman–Crippen MR) is 66.6 cm³/mol. The highest BCUT2D eigenvalue weighted by Crippen LogP contribution is 2.19. The maximum absolute atomic E-state index is 5.86. The van der Waals surface area contributed by atoms with E-state index >= 15 is 0 Å². The second-order valence-electron chi connectivity index (χ2n) is 3.93. The van der Waals surface area contributed by atoms with Crippen molar-refractivity contribution in [1.82, 2.24) is 15.0 Å². The first kappa shape index (κ1) is 12.3. The van der Waals surface area contributed by atoms with Gasteiger partial charge in [-0.3, -0.25) is 0 Å². The fourth-order valence-corrected chi connectivity index (χ4v) is 2.00. The predicted octanol–water partition coefficient (Wildman–Crippen LogP) is 1.18. The summed E-state index contributed by atoms with van der Waals surface area (Å²) in [6.45, 7) is 1.57. The highest BCUT2D eigenvalue weighted by Gasteiger charge is 2.21. The molecule has 0 saturated carbocycles. The molecule has 1 N–H and O–H groups in total. The van der Waals surface area contributed by atoms with Gasteiger partial charge in [0.15, 0.2) is 0 Å². The van der Waals surface area contributed by atoms with Crippen LogP contribution < -0.4 is 10.2 Å². The lowest BCUT2D eigenvalue weighted by Gasteiger charge is -2.31. The summed E-state index contributed by atoms with van der Waals surface area (Å²) >= 11 is 5.86. The minimum Gasteiger partial charge on any atom is -0.381 e. The molecule has 1 aliphatic heterocycles. The number of nitrogens with zero attached hydrogens (tertiary/aromatic N) is 4. The van der Waals surface area contributed by atoms with Crippen LogP contribution in [0.4, 0.5) is 11.9 Å². The molecule has 2 rings (SSSR count). The van der Waals surface area contributed by atoms with Crippen LogP contribution in [0.25, 0.3) is 0 Å². The van der Waals surface area contributed by atoms with Gasteiger partial charge >= 0.3 is 0 Å². The Bertz CT molecular complexity index is 383. The summed E-state index contributed by atoms with van der Waals surface area (Å²) in [5, 5.41) is 3.07. The van der Waals surface area contributed by atoms with Crippen LogP contribution in [0.1, 0.15) is 12.8 Å². The van der Waals surface area contributed by atoms with Crippen LogP contribution >= 0.6 is 11.6 Å². The van der Waals surface area contributed by atoms with Crippen molar-refractivity contribution < 1.29 is 4.74 Å². The molecule has 6 nitrogen and oxygen atoms in total. The molecule has 0 radical (unpaired) electrons. The Hall–Kier alpha value is -1.14. The number of anilines is 2. The quantitative estimate of drug-likeness (QED) is 0.877. The number of ether oxygens (including phenoxy) is 1. The van der Waals surface area contributed by atoms with Gasteiger partial charge in [0.2, 0.25) is 17.2 Å². The van der Waals surface area contributed by atoms with Crippen molar-refractivity contribution >= 4 is 23.5 Å². The first-order chi connectivity index (χ1) is 8.20. The van der Waals surface area contributed by atoms with Gasteiger partial charge in [0.05, 0.1) is 0 Å². The van der Waals surface area contributed by atoms with Gasteiger partial charge in [0, 0.05) is 33.4 Å². The number of aromatic nitrogens is 3. The van der Waals surface area contributed by atoms with Crippen molar-refractivity contribution in [2.24, 2.45) is 0 Å². The smallest absolute Gasteiger partial charge is 0.231 e. The van der Waals surface area contributed by atoms with Crippen LogP contribution in [0.3, 0.4) is 0 Å². The molecule has 0 spiro atoms. The fourth-order valence-electron chi connectivity index (χ4n) is 1.84. The highest BCUT2D eigenvalue weighted by atomic mass is 35.5. The van der Waals surface area contributed by atoms with E-state index in [1.807, 2.05) is 11.9 Å². The normalized spacial score (nSPS) is 16.9. The lowest BCUT2D eigenvalue weighted by atomic mass is 10.1. The Balaban J connectivity index is 2.17. The Kier molecular flexibility index (Phi) is 3.96. The zero-order valence-electron chi connectivity index (χ0n) is 9.98. The van der Waals surface area contributed by atoms with Crippen molar-refractivity contribution in [3.05, 3.63) is 5.28 Å². The maximum atomic E-state index is 5.86. The Labute approximate surface area is 105 Å². The number of halogens is 1. The topological polar surface area (TPSA) is 63.2 Å². The van der Waals surface area contributed by atoms with Crippen molar-refractivity contribution in [2.45, 2.75) is 18.9 Å². The third kappa shape index (κ3) is 2.95. The molecule has 1 aromatic rings. The fraction of sp³-hybridized carbons (Fsp3) is 0.700.